The van der Waals surface area contributed by atoms with E-state index < -0.39 is 0 Å². The molecular weight excluding hydrogens is 279 g/mol. The monoisotopic (exact) mass is 294 g/mol. The van der Waals surface area contributed by atoms with Crippen LogP contribution in [0.5, 0.6) is 0 Å². The van der Waals surface area contributed by atoms with Crippen LogP contribution in [0.1, 0.15) is 10.5 Å². The quantitative estimate of drug-likeness (QED) is 0.732. The second-order valence-corrected chi connectivity index (χ2v) is 5.48. The number of carbonyl (C=O) groups excluding carboxylic acids is 2. The lowest BCUT2D eigenvalue weighted by molar-refractivity contribution is -0.125. The fraction of sp³-hybridized carbons (Fsp3) is 0.200. The Hall–Kier alpha value is -2.70. The lowest BCUT2D eigenvalue weighted by atomic mass is 9.95. The van der Waals surface area contributed by atoms with Gasteiger partial charge in [0.2, 0.25) is 5.91 Å². The molecule has 2 heterocycles. The van der Waals surface area contributed by atoms with E-state index in [1.165, 1.54) is 5.46 Å². The number of rotatable bonds is 3. The molecule has 22 heavy (non-hydrogen) atoms. The summed E-state index contributed by atoms with van der Waals surface area (Å²) in [5, 5.41) is 8.10. The number of primary amides is 1. The standard InChI is InChI=1S/C15H15BN4O2/c16-11-3-1-9(2-4-11)12-5-6-13(19-18-12)15(22)20-7-10(8-20)14(17)21/h1-6,10H,7-8,16H2,(H2,17,21). The van der Waals surface area contributed by atoms with Gasteiger partial charge in [-0.15, -0.1) is 10.2 Å². The van der Waals surface area contributed by atoms with Gasteiger partial charge in [0.25, 0.3) is 5.91 Å². The molecule has 0 bridgehead atoms. The zero-order chi connectivity index (χ0) is 15.7. The number of nitrogens with two attached hydrogens (primary N) is 1. The Kier molecular flexibility index (Phi) is 3.62. The summed E-state index contributed by atoms with van der Waals surface area (Å²) in [5.74, 6) is -0.839. The predicted molar refractivity (Wildman–Crippen MR) is 84.2 cm³/mol. The number of nitrogens with zero attached hydrogens (tertiary/aromatic N) is 3. The molecule has 2 aromatic rings. The first-order chi connectivity index (χ1) is 10.5. The van der Waals surface area contributed by atoms with Crippen molar-refractivity contribution in [2.75, 3.05) is 13.1 Å². The summed E-state index contributed by atoms with van der Waals surface area (Å²) in [7, 11) is 2.02. The number of hydrogen-bond donors (Lipinski definition) is 1. The Morgan fingerprint density at radius 1 is 1.09 bits per heavy atom. The Labute approximate surface area is 128 Å². The Bertz CT molecular complexity index is 709. The van der Waals surface area contributed by atoms with Crippen molar-refractivity contribution in [1.29, 1.82) is 0 Å². The van der Waals surface area contributed by atoms with Crippen molar-refractivity contribution in [3.8, 4) is 11.3 Å². The lowest BCUT2D eigenvalue weighted by Crippen LogP contribution is -2.54. The molecule has 1 aromatic carbocycles. The van der Waals surface area contributed by atoms with Gasteiger partial charge in [0, 0.05) is 18.7 Å². The summed E-state index contributed by atoms with van der Waals surface area (Å²) < 4.78 is 0. The molecular formula is C15H15BN4O2. The van der Waals surface area contributed by atoms with Crippen molar-refractivity contribution >= 4 is 25.1 Å². The maximum atomic E-state index is 12.2. The minimum absolute atomic E-state index is 0.222. The van der Waals surface area contributed by atoms with Gasteiger partial charge in [0.15, 0.2) is 5.69 Å². The Morgan fingerprint density at radius 2 is 1.77 bits per heavy atom. The summed E-state index contributed by atoms with van der Waals surface area (Å²) in [6.45, 7) is 0.713. The zero-order valence-corrected chi connectivity index (χ0v) is 12.2. The second kappa shape index (κ2) is 5.59. The molecule has 2 amide bonds. The fourth-order valence-electron chi connectivity index (χ4n) is 2.31. The van der Waals surface area contributed by atoms with E-state index in [0.717, 1.165) is 11.3 Å². The molecule has 0 atom stereocenters. The van der Waals surface area contributed by atoms with Crippen LogP contribution in [-0.2, 0) is 4.79 Å². The van der Waals surface area contributed by atoms with Crippen LogP contribution < -0.4 is 11.2 Å². The summed E-state index contributed by atoms with van der Waals surface area (Å²) in [6, 6.07) is 11.4. The molecule has 0 radical (unpaired) electrons. The van der Waals surface area contributed by atoms with E-state index in [-0.39, 0.29) is 23.4 Å². The fourth-order valence-corrected chi connectivity index (χ4v) is 2.31. The van der Waals surface area contributed by atoms with Crippen molar-refractivity contribution in [2.24, 2.45) is 11.7 Å². The highest BCUT2D eigenvalue weighted by atomic mass is 16.2. The number of benzene rings is 1. The molecule has 0 saturated carbocycles. The number of hydrogen-bond acceptors (Lipinski definition) is 4. The minimum atomic E-state index is -0.371. The maximum absolute atomic E-state index is 12.2. The number of likely N-dealkylation sites (tertiary alicyclic amines) is 1. The van der Waals surface area contributed by atoms with Crippen LogP contribution in [0.3, 0.4) is 0 Å². The second-order valence-electron chi connectivity index (χ2n) is 5.48. The maximum Gasteiger partial charge on any atom is 0.274 e. The van der Waals surface area contributed by atoms with Gasteiger partial charge in [-0.3, -0.25) is 9.59 Å². The summed E-state index contributed by atoms with van der Waals surface area (Å²) >= 11 is 0. The van der Waals surface area contributed by atoms with Crippen LogP contribution in [-0.4, -0.2) is 47.8 Å². The first-order valence-corrected chi connectivity index (χ1v) is 7.04. The van der Waals surface area contributed by atoms with E-state index in [1.54, 1.807) is 17.0 Å². The van der Waals surface area contributed by atoms with Gasteiger partial charge in [0.1, 0.15) is 7.85 Å². The van der Waals surface area contributed by atoms with E-state index in [4.69, 9.17) is 5.73 Å². The molecule has 6 nitrogen and oxygen atoms in total. The van der Waals surface area contributed by atoms with Crippen molar-refractivity contribution in [2.45, 2.75) is 0 Å². The van der Waals surface area contributed by atoms with Gasteiger partial charge in [-0.05, 0) is 12.1 Å². The molecule has 0 unspecified atom stereocenters. The summed E-state index contributed by atoms with van der Waals surface area (Å²) in [6.07, 6.45) is 0. The minimum Gasteiger partial charge on any atom is -0.369 e. The van der Waals surface area contributed by atoms with E-state index >= 15 is 0 Å². The van der Waals surface area contributed by atoms with Crippen molar-refractivity contribution < 1.29 is 9.59 Å². The van der Waals surface area contributed by atoms with Crippen LogP contribution in [0.25, 0.3) is 11.3 Å². The van der Waals surface area contributed by atoms with Gasteiger partial charge < -0.3 is 10.6 Å². The third kappa shape index (κ3) is 2.70. The number of aromatic nitrogens is 2. The van der Waals surface area contributed by atoms with Crippen LogP contribution >= 0.6 is 0 Å². The molecule has 1 fully saturated rings. The van der Waals surface area contributed by atoms with E-state index in [2.05, 4.69) is 10.2 Å². The molecule has 1 aliphatic heterocycles. The van der Waals surface area contributed by atoms with E-state index in [9.17, 15) is 9.59 Å². The van der Waals surface area contributed by atoms with Gasteiger partial charge in [-0.2, -0.15) is 0 Å². The molecule has 1 saturated heterocycles. The third-order valence-corrected chi connectivity index (χ3v) is 3.80. The first-order valence-electron chi connectivity index (χ1n) is 7.04. The van der Waals surface area contributed by atoms with Gasteiger partial charge in [-0.1, -0.05) is 29.7 Å². The highest BCUT2D eigenvalue weighted by molar-refractivity contribution is 6.32. The van der Waals surface area contributed by atoms with E-state index in [1.807, 2.05) is 32.1 Å². The topological polar surface area (TPSA) is 89.2 Å². The molecule has 7 heteroatoms. The first kappa shape index (κ1) is 14.3. The van der Waals surface area contributed by atoms with Crippen LogP contribution in [0.15, 0.2) is 36.4 Å². The average Bonchev–Trinajstić information content (AvgIpc) is 2.46. The van der Waals surface area contributed by atoms with Gasteiger partial charge >= 0.3 is 0 Å². The van der Waals surface area contributed by atoms with E-state index in [0.29, 0.717) is 13.1 Å². The average molecular weight is 294 g/mol. The zero-order valence-electron chi connectivity index (χ0n) is 12.2. The lowest BCUT2D eigenvalue weighted by Gasteiger charge is -2.36. The molecule has 1 aliphatic rings. The third-order valence-electron chi connectivity index (χ3n) is 3.80. The number of amides is 2. The SMILES string of the molecule is Bc1ccc(-c2ccc(C(=O)N3CC(C(N)=O)C3)nn2)cc1. The van der Waals surface area contributed by atoms with Crippen molar-refractivity contribution in [3.63, 3.8) is 0 Å². The van der Waals surface area contributed by atoms with Crippen LogP contribution in [0.2, 0.25) is 0 Å². The molecule has 2 N–H and O–H groups in total. The Morgan fingerprint density at radius 3 is 2.32 bits per heavy atom. The molecule has 0 spiro atoms. The summed E-state index contributed by atoms with van der Waals surface area (Å²) in [4.78, 5) is 24.7. The van der Waals surface area contributed by atoms with Gasteiger partial charge in [0.05, 0.1) is 11.6 Å². The predicted octanol–water partition coefficient (Wildman–Crippen LogP) is -1.04. The highest BCUT2D eigenvalue weighted by Gasteiger charge is 2.35. The largest absolute Gasteiger partial charge is 0.369 e. The molecule has 110 valence electrons. The normalized spacial score (nSPS) is 14.5. The van der Waals surface area contributed by atoms with Crippen LogP contribution in [0, 0.1) is 5.92 Å². The smallest absolute Gasteiger partial charge is 0.274 e. The van der Waals surface area contributed by atoms with Crippen molar-refractivity contribution in [3.05, 3.63) is 42.1 Å². The highest BCUT2D eigenvalue weighted by Crippen LogP contribution is 2.19. The van der Waals surface area contributed by atoms with Crippen LogP contribution in [0.4, 0.5) is 0 Å². The van der Waals surface area contributed by atoms with Crippen molar-refractivity contribution in [1.82, 2.24) is 15.1 Å². The van der Waals surface area contributed by atoms with Gasteiger partial charge in [-0.25, -0.2) is 0 Å². The number of carbonyl (C=O) groups is 2. The molecule has 3 rings (SSSR count). The molecule has 1 aromatic heterocycles. The summed E-state index contributed by atoms with van der Waals surface area (Å²) in [5.41, 5.74) is 8.31. The molecule has 0 aliphatic carbocycles. The Balaban J connectivity index is 1.70.